The van der Waals surface area contributed by atoms with Gasteiger partial charge in [0.05, 0.1) is 11.9 Å². The Bertz CT molecular complexity index is 665. The normalized spacial score (nSPS) is 10.7. The van der Waals surface area contributed by atoms with Crippen LogP contribution in [0.25, 0.3) is 0 Å². The topological polar surface area (TPSA) is 57.3 Å². The van der Waals surface area contributed by atoms with Gasteiger partial charge in [-0.15, -0.1) is 0 Å². The molecule has 1 aromatic carbocycles. The predicted molar refractivity (Wildman–Crippen MR) is 95.1 cm³/mol. The van der Waals surface area contributed by atoms with Crippen LogP contribution in [-0.4, -0.2) is 43.0 Å². The summed E-state index contributed by atoms with van der Waals surface area (Å²) in [6.45, 7) is 5.85. The third-order valence-electron chi connectivity index (χ3n) is 3.65. The van der Waals surface area contributed by atoms with Gasteiger partial charge in [-0.05, 0) is 63.3 Å². The lowest BCUT2D eigenvalue weighted by Crippen LogP contribution is -2.21. The Hall–Kier alpha value is -2.40. The maximum Gasteiger partial charge on any atom is 0.274 e. The van der Waals surface area contributed by atoms with Gasteiger partial charge in [0.25, 0.3) is 5.91 Å². The van der Waals surface area contributed by atoms with Gasteiger partial charge in [-0.25, -0.2) is 4.98 Å². The zero-order valence-electron chi connectivity index (χ0n) is 14.2. The molecule has 0 saturated carbocycles. The van der Waals surface area contributed by atoms with Crippen molar-refractivity contribution < 1.29 is 4.79 Å². The van der Waals surface area contributed by atoms with Crippen molar-refractivity contribution in [1.29, 1.82) is 0 Å². The SMILES string of the molecule is Cc1ccc(NC(=O)c2ccc(NCCN(C)C)cn2)cc1C. The first-order valence-corrected chi connectivity index (χ1v) is 7.69. The maximum atomic E-state index is 12.2. The van der Waals surface area contributed by atoms with Crippen LogP contribution in [0.1, 0.15) is 21.6 Å². The first-order chi connectivity index (χ1) is 11.0. The maximum absolute atomic E-state index is 12.2. The Labute approximate surface area is 137 Å². The highest BCUT2D eigenvalue weighted by Crippen LogP contribution is 2.15. The number of pyridine rings is 1. The van der Waals surface area contributed by atoms with E-state index in [1.807, 2.05) is 52.2 Å². The summed E-state index contributed by atoms with van der Waals surface area (Å²) in [5, 5.41) is 6.14. The predicted octanol–water partition coefficient (Wildman–Crippen LogP) is 2.92. The molecule has 0 aliphatic carbocycles. The second-order valence-corrected chi connectivity index (χ2v) is 5.92. The molecule has 2 aromatic rings. The van der Waals surface area contributed by atoms with E-state index in [0.717, 1.165) is 30.0 Å². The van der Waals surface area contributed by atoms with Crippen LogP contribution >= 0.6 is 0 Å². The van der Waals surface area contributed by atoms with Gasteiger partial charge in [0.15, 0.2) is 0 Å². The largest absolute Gasteiger partial charge is 0.383 e. The highest BCUT2D eigenvalue weighted by atomic mass is 16.1. The average Bonchev–Trinajstić information content (AvgIpc) is 2.51. The van der Waals surface area contributed by atoms with Crippen molar-refractivity contribution in [1.82, 2.24) is 9.88 Å². The minimum absolute atomic E-state index is 0.201. The lowest BCUT2D eigenvalue weighted by atomic mass is 10.1. The van der Waals surface area contributed by atoms with Crippen LogP contribution in [0, 0.1) is 13.8 Å². The van der Waals surface area contributed by atoms with Crippen LogP contribution in [0.2, 0.25) is 0 Å². The number of carbonyl (C=O) groups excluding carboxylic acids is 1. The van der Waals surface area contributed by atoms with Gasteiger partial charge in [-0.1, -0.05) is 6.07 Å². The van der Waals surface area contributed by atoms with E-state index in [9.17, 15) is 4.79 Å². The fraction of sp³-hybridized carbons (Fsp3) is 0.333. The molecule has 2 N–H and O–H groups in total. The van der Waals surface area contributed by atoms with Gasteiger partial charge in [0.1, 0.15) is 5.69 Å². The minimum Gasteiger partial charge on any atom is -0.383 e. The molecule has 0 bridgehead atoms. The Kier molecular flexibility index (Phi) is 5.71. The zero-order valence-corrected chi connectivity index (χ0v) is 14.2. The fourth-order valence-electron chi connectivity index (χ4n) is 2.07. The van der Waals surface area contributed by atoms with E-state index >= 15 is 0 Å². The Morgan fingerprint density at radius 2 is 1.83 bits per heavy atom. The van der Waals surface area contributed by atoms with Crippen molar-refractivity contribution >= 4 is 17.3 Å². The number of carbonyl (C=O) groups is 1. The molecular formula is C18H24N4O. The Morgan fingerprint density at radius 3 is 2.43 bits per heavy atom. The number of benzene rings is 1. The third-order valence-corrected chi connectivity index (χ3v) is 3.65. The van der Waals surface area contributed by atoms with Crippen LogP contribution in [0.4, 0.5) is 11.4 Å². The average molecular weight is 312 g/mol. The molecule has 0 aliphatic rings. The van der Waals surface area contributed by atoms with Gasteiger partial charge in [0, 0.05) is 18.8 Å². The van der Waals surface area contributed by atoms with E-state index in [1.165, 1.54) is 5.56 Å². The second kappa shape index (κ2) is 7.74. The van der Waals surface area contributed by atoms with Crippen LogP contribution < -0.4 is 10.6 Å². The first kappa shape index (κ1) is 17.0. The molecule has 23 heavy (non-hydrogen) atoms. The second-order valence-electron chi connectivity index (χ2n) is 5.92. The summed E-state index contributed by atoms with van der Waals surface area (Å²) >= 11 is 0. The van der Waals surface area contributed by atoms with E-state index in [1.54, 1.807) is 12.3 Å². The van der Waals surface area contributed by atoms with Crippen molar-refractivity contribution in [2.24, 2.45) is 0 Å². The molecule has 0 fully saturated rings. The Morgan fingerprint density at radius 1 is 1.09 bits per heavy atom. The number of nitrogens with one attached hydrogen (secondary N) is 2. The number of aryl methyl sites for hydroxylation is 2. The zero-order chi connectivity index (χ0) is 16.8. The molecule has 2 rings (SSSR count). The smallest absolute Gasteiger partial charge is 0.274 e. The summed E-state index contributed by atoms with van der Waals surface area (Å²) in [7, 11) is 4.06. The first-order valence-electron chi connectivity index (χ1n) is 7.69. The molecule has 0 radical (unpaired) electrons. The summed E-state index contributed by atoms with van der Waals surface area (Å²) in [6, 6.07) is 9.46. The van der Waals surface area contributed by atoms with E-state index in [4.69, 9.17) is 0 Å². The van der Waals surface area contributed by atoms with Gasteiger partial charge in [0.2, 0.25) is 0 Å². The standard InChI is InChI=1S/C18H24N4O/c1-13-5-6-15(11-14(13)2)21-18(23)17-8-7-16(12-20-17)19-9-10-22(3)4/h5-8,11-12,19H,9-10H2,1-4H3,(H,21,23). The number of anilines is 2. The third kappa shape index (κ3) is 5.07. The summed E-state index contributed by atoms with van der Waals surface area (Å²) < 4.78 is 0. The fourth-order valence-corrected chi connectivity index (χ4v) is 2.07. The lowest BCUT2D eigenvalue weighted by Gasteiger charge is -2.11. The summed E-state index contributed by atoms with van der Waals surface area (Å²) in [4.78, 5) is 18.6. The molecule has 0 atom stereocenters. The van der Waals surface area contributed by atoms with Crippen molar-refractivity contribution in [3.63, 3.8) is 0 Å². The van der Waals surface area contributed by atoms with Crippen LogP contribution in [-0.2, 0) is 0 Å². The minimum atomic E-state index is -0.201. The number of hydrogen-bond donors (Lipinski definition) is 2. The van der Waals surface area contributed by atoms with E-state index in [0.29, 0.717) is 5.69 Å². The number of amides is 1. The van der Waals surface area contributed by atoms with Crippen molar-refractivity contribution in [2.45, 2.75) is 13.8 Å². The molecule has 0 unspecified atom stereocenters. The Balaban J connectivity index is 1.95. The van der Waals surface area contributed by atoms with Gasteiger partial charge in [-0.3, -0.25) is 4.79 Å². The lowest BCUT2D eigenvalue weighted by molar-refractivity contribution is 0.102. The summed E-state index contributed by atoms with van der Waals surface area (Å²) in [6.07, 6.45) is 1.69. The van der Waals surface area contributed by atoms with Crippen LogP contribution in [0.5, 0.6) is 0 Å². The van der Waals surface area contributed by atoms with E-state index < -0.39 is 0 Å². The summed E-state index contributed by atoms with van der Waals surface area (Å²) in [5.74, 6) is -0.201. The quantitative estimate of drug-likeness (QED) is 0.861. The van der Waals surface area contributed by atoms with Crippen molar-refractivity contribution in [2.75, 3.05) is 37.8 Å². The molecule has 1 amide bonds. The molecule has 1 aromatic heterocycles. The number of aromatic nitrogens is 1. The summed E-state index contributed by atoms with van der Waals surface area (Å²) in [5.41, 5.74) is 4.45. The van der Waals surface area contributed by atoms with Gasteiger partial charge in [-0.2, -0.15) is 0 Å². The number of likely N-dealkylation sites (N-methyl/N-ethyl adjacent to an activating group) is 1. The van der Waals surface area contributed by atoms with Gasteiger partial charge < -0.3 is 15.5 Å². The molecule has 0 saturated heterocycles. The van der Waals surface area contributed by atoms with Gasteiger partial charge >= 0.3 is 0 Å². The highest BCUT2D eigenvalue weighted by molar-refractivity contribution is 6.03. The number of nitrogens with zero attached hydrogens (tertiary/aromatic N) is 2. The molecule has 1 heterocycles. The molecule has 0 aliphatic heterocycles. The monoisotopic (exact) mass is 312 g/mol. The molecule has 5 heteroatoms. The van der Waals surface area contributed by atoms with E-state index in [2.05, 4.69) is 20.5 Å². The number of hydrogen-bond acceptors (Lipinski definition) is 4. The van der Waals surface area contributed by atoms with Crippen LogP contribution in [0.3, 0.4) is 0 Å². The number of rotatable bonds is 6. The molecule has 122 valence electrons. The van der Waals surface area contributed by atoms with Crippen molar-refractivity contribution in [3.05, 3.63) is 53.3 Å². The molecule has 5 nitrogen and oxygen atoms in total. The highest BCUT2D eigenvalue weighted by Gasteiger charge is 2.08. The van der Waals surface area contributed by atoms with E-state index in [-0.39, 0.29) is 5.91 Å². The molecular weight excluding hydrogens is 288 g/mol. The van der Waals surface area contributed by atoms with Crippen LogP contribution in [0.15, 0.2) is 36.5 Å². The molecule has 0 spiro atoms. The van der Waals surface area contributed by atoms with Crippen molar-refractivity contribution in [3.8, 4) is 0 Å².